The van der Waals surface area contributed by atoms with E-state index in [1.165, 1.54) is 0 Å². The van der Waals surface area contributed by atoms with Gasteiger partial charge in [0, 0.05) is 49.3 Å². The Morgan fingerprint density at radius 1 is 1.26 bits per heavy atom. The maximum Gasteiger partial charge on any atom is 0.317 e. The fourth-order valence-electron chi connectivity index (χ4n) is 3.75. The van der Waals surface area contributed by atoms with Gasteiger partial charge in [-0.05, 0) is 31.2 Å². The average Bonchev–Trinajstić information content (AvgIpc) is 2.67. The molecule has 2 fully saturated rings. The molecular formula is C20H28N2O4S. The van der Waals surface area contributed by atoms with E-state index in [1.807, 2.05) is 47.0 Å². The van der Waals surface area contributed by atoms with Crippen molar-refractivity contribution in [3.05, 3.63) is 35.9 Å². The highest BCUT2D eigenvalue weighted by molar-refractivity contribution is 8.00. The van der Waals surface area contributed by atoms with Crippen molar-refractivity contribution < 1.29 is 19.4 Å². The molecule has 1 aromatic carbocycles. The molecule has 2 amide bonds. The Labute approximate surface area is 164 Å². The highest BCUT2D eigenvalue weighted by Gasteiger charge is 2.39. The van der Waals surface area contributed by atoms with Gasteiger partial charge in [0.1, 0.15) is 0 Å². The molecule has 2 saturated heterocycles. The van der Waals surface area contributed by atoms with Crippen molar-refractivity contribution in [3.63, 3.8) is 0 Å². The van der Waals surface area contributed by atoms with E-state index in [0.717, 1.165) is 50.5 Å². The molecule has 148 valence electrons. The number of nitrogens with zero attached hydrogens (tertiary/aromatic N) is 1. The number of thioether (sulfide) groups is 1. The number of carboxylic acids is 1. The molecule has 27 heavy (non-hydrogen) atoms. The molecular weight excluding hydrogens is 364 g/mol. The van der Waals surface area contributed by atoms with E-state index in [-0.39, 0.29) is 23.2 Å². The molecule has 0 aromatic heterocycles. The SMILES string of the molecule is O=C(O)CCC(Cc1ccccc1)NC(=O)N1CCSC2(CCOCC2)C1. The van der Waals surface area contributed by atoms with Crippen molar-refractivity contribution in [1.82, 2.24) is 10.2 Å². The summed E-state index contributed by atoms with van der Waals surface area (Å²) in [5.41, 5.74) is 1.10. The number of carbonyl (C=O) groups is 2. The first kappa shape index (κ1) is 20.0. The van der Waals surface area contributed by atoms with E-state index in [2.05, 4.69) is 5.32 Å². The van der Waals surface area contributed by atoms with E-state index in [9.17, 15) is 9.59 Å². The number of benzene rings is 1. The fourth-order valence-corrected chi connectivity index (χ4v) is 5.20. The molecule has 3 rings (SSSR count). The zero-order valence-electron chi connectivity index (χ0n) is 15.6. The highest BCUT2D eigenvalue weighted by Crippen LogP contribution is 2.39. The van der Waals surface area contributed by atoms with Crippen LogP contribution in [0.4, 0.5) is 4.79 Å². The Balaban J connectivity index is 1.61. The predicted octanol–water partition coefficient (Wildman–Crippen LogP) is 2.77. The smallest absolute Gasteiger partial charge is 0.317 e. The molecule has 2 heterocycles. The molecule has 0 aliphatic carbocycles. The Bertz CT molecular complexity index is 629. The van der Waals surface area contributed by atoms with Gasteiger partial charge in [0.2, 0.25) is 0 Å². The lowest BCUT2D eigenvalue weighted by Crippen LogP contribution is -2.55. The van der Waals surface area contributed by atoms with Crippen molar-refractivity contribution in [2.75, 3.05) is 32.1 Å². The zero-order valence-corrected chi connectivity index (χ0v) is 16.4. The molecule has 7 heteroatoms. The third-order valence-corrected chi connectivity index (χ3v) is 6.84. The summed E-state index contributed by atoms with van der Waals surface area (Å²) in [5.74, 6) is 0.101. The second-order valence-corrected chi connectivity index (χ2v) is 8.90. The van der Waals surface area contributed by atoms with Crippen molar-refractivity contribution >= 4 is 23.8 Å². The molecule has 1 aromatic rings. The van der Waals surface area contributed by atoms with Crippen LogP contribution in [0.25, 0.3) is 0 Å². The van der Waals surface area contributed by atoms with Gasteiger partial charge in [-0.25, -0.2) is 4.79 Å². The van der Waals surface area contributed by atoms with Gasteiger partial charge in [-0.15, -0.1) is 0 Å². The number of ether oxygens (including phenoxy) is 1. The van der Waals surface area contributed by atoms with Crippen LogP contribution in [0, 0.1) is 0 Å². The molecule has 0 radical (unpaired) electrons. The molecule has 2 aliphatic heterocycles. The first-order valence-corrected chi connectivity index (χ1v) is 10.6. The molecule has 6 nitrogen and oxygen atoms in total. The molecule has 2 aliphatic rings. The van der Waals surface area contributed by atoms with Crippen LogP contribution in [0.3, 0.4) is 0 Å². The number of hydrogen-bond donors (Lipinski definition) is 2. The number of rotatable bonds is 6. The molecule has 1 spiro atoms. The van der Waals surface area contributed by atoms with Gasteiger partial charge < -0.3 is 20.1 Å². The molecule has 1 unspecified atom stereocenters. The van der Waals surface area contributed by atoms with Gasteiger partial charge in [-0.2, -0.15) is 11.8 Å². The lowest BCUT2D eigenvalue weighted by molar-refractivity contribution is -0.137. The van der Waals surface area contributed by atoms with Gasteiger partial charge >= 0.3 is 12.0 Å². The van der Waals surface area contributed by atoms with Crippen LogP contribution < -0.4 is 5.32 Å². The van der Waals surface area contributed by atoms with Gasteiger partial charge in [0.25, 0.3) is 0 Å². The first-order valence-electron chi connectivity index (χ1n) is 9.59. The largest absolute Gasteiger partial charge is 0.481 e. The Morgan fingerprint density at radius 2 is 2.00 bits per heavy atom. The van der Waals surface area contributed by atoms with Crippen LogP contribution in [0.1, 0.15) is 31.2 Å². The van der Waals surface area contributed by atoms with Crippen LogP contribution in [-0.4, -0.2) is 64.9 Å². The number of nitrogens with one attached hydrogen (secondary N) is 1. The standard InChI is InChI=1S/C20H28N2O4S/c23-18(24)7-6-17(14-16-4-2-1-3-5-16)21-19(25)22-10-13-27-20(15-22)8-11-26-12-9-20/h1-5,17H,6-15H2,(H,21,25)(H,23,24). The summed E-state index contributed by atoms with van der Waals surface area (Å²) < 4.78 is 5.60. The van der Waals surface area contributed by atoms with Crippen molar-refractivity contribution in [2.45, 2.75) is 42.9 Å². The summed E-state index contributed by atoms with van der Waals surface area (Å²) in [7, 11) is 0. The first-order chi connectivity index (χ1) is 13.1. The Hall–Kier alpha value is -1.73. The van der Waals surface area contributed by atoms with E-state index < -0.39 is 5.97 Å². The molecule has 2 N–H and O–H groups in total. The van der Waals surface area contributed by atoms with Gasteiger partial charge in [0.15, 0.2) is 0 Å². The number of aliphatic carboxylic acids is 1. The van der Waals surface area contributed by atoms with E-state index in [0.29, 0.717) is 12.8 Å². The monoisotopic (exact) mass is 392 g/mol. The van der Waals surface area contributed by atoms with Gasteiger partial charge in [0.05, 0.1) is 0 Å². The van der Waals surface area contributed by atoms with Crippen molar-refractivity contribution in [1.29, 1.82) is 0 Å². The normalized spacial score (nSPS) is 20.2. The van der Waals surface area contributed by atoms with E-state index in [1.54, 1.807) is 0 Å². The summed E-state index contributed by atoms with van der Waals surface area (Å²) in [6, 6.07) is 9.63. The Morgan fingerprint density at radius 3 is 2.70 bits per heavy atom. The van der Waals surface area contributed by atoms with E-state index >= 15 is 0 Å². The lowest BCUT2D eigenvalue weighted by atomic mass is 9.98. The molecule has 0 bridgehead atoms. The van der Waals surface area contributed by atoms with Crippen LogP contribution in [0.15, 0.2) is 30.3 Å². The second kappa shape index (κ2) is 9.46. The molecule has 1 atom stereocenters. The molecule has 0 saturated carbocycles. The number of carboxylic acid groups (broad SMARTS) is 1. The summed E-state index contributed by atoms with van der Waals surface area (Å²) in [4.78, 5) is 25.8. The second-order valence-electron chi connectivity index (χ2n) is 7.33. The van der Waals surface area contributed by atoms with Crippen LogP contribution in [0.5, 0.6) is 0 Å². The third kappa shape index (κ3) is 5.87. The van der Waals surface area contributed by atoms with Crippen molar-refractivity contribution in [3.8, 4) is 0 Å². The van der Waals surface area contributed by atoms with Crippen molar-refractivity contribution in [2.24, 2.45) is 0 Å². The van der Waals surface area contributed by atoms with Crippen LogP contribution in [-0.2, 0) is 16.0 Å². The van der Waals surface area contributed by atoms with Crippen LogP contribution >= 0.6 is 11.8 Å². The summed E-state index contributed by atoms with van der Waals surface area (Å²) >= 11 is 1.96. The maximum atomic E-state index is 12.9. The average molecular weight is 393 g/mol. The summed E-state index contributed by atoms with van der Waals surface area (Å²) in [5, 5.41) is 12.1. The fraction of sp³-hybridized carbons (Fsp3) is 0.600. The number of amides is 2. The van der Waals surface area contributed by atoms with E-state index in [4.69, 9.17) is 9.84 Å². The minimum Gasteiger partial charge on any atom is -0.481 e. The number of carbonyl (C=O) groups excluding carboxylic acids is 1. The zero-order chi connectivity index (χ0) is 19.1. The predicted molar refractivity (Wildman–Crippen MR) is 106 cm³/mol. The minimum absolute atomic E-state index is 0.0505. The quantitative estimate of drug-likeness (QED) is 0.778. The topological polar surface area (TPSA) is 78.9 Å². The van der Waals surface area contributed by atoms with Gasteiger partial charge in [-0.3, -0.25) is 4.79 Å². The summed E-state index contributed by atoms with van der Waals surface area (Å²) in [6.45, 7) is 3.00. The summed E-state index contributed by atoms with van der Waals surface area (Å²) in [6.07, 6.45) is 3.08. The minimum atomic E-state index is -0.835. The Kier molecular flexibility index (Phi) is 7.01. The highest BCUT2D eigenvalue weighted by atomic mass is 32.2. The maximum absolute atomic E-state index is 12.9. The lowest BCUT2D eigenvalue weighted by Gasteiger charge is -2.44. The van der Waals surface area contributed by atoms with Crippen LogP contribution in [0.2, 0.25) is 0 Å². The number of urea groups is 1. The van der Waals surface area contributed by atoms with Gasteiger partial charge in [-0.1, -0.05) is 30.3 Å². The third-order valence-electron chi connectivity index (χ3n) is 5.30. The number of hydrogen-bond acceptors (Lipinski definition) is 4.